The van der Waals surface area contributed by atoms with Crippen molar-refractivity contribution >= 4 is 15.8 Å². The predicted octanol–water partition coefficient (Wildman–Crippen LogP) is 0.568. The second-order valence-electron chi connectivity index (χ2n) is 3.50. The largest absolute Gasteiger partial charge is 0.497 e. The van der Waals surface area contributed by atoms with Crippen molar-refractivity contribution < 1.29 is 27.8 Å². The number of rotatable bonds is 6. The highest BCUT2D eigenvalue weighted by atomic mass is 32.2. The van der Waals surface area contributed by atoms with Gasteiger partial charge in [0.25, 0.3) is 0 Å². The van der Waals surface area contributed by atoms with E-state index in [-0.39, 0.29) is 4.90 Å². The summed E-state index contributed by atoms with van der Waals surface area (Å²) in [5.74, 6) is -0.944. The van der Waals surface area contributed by atoms with Crippen LogP contribution >= 0.6 is 0 Å². The first kappa shape index (κ1) is 14.5. The van der Waals surface area contributed by atoms with E-state index in [1.165, 1.54) is 38.5 Å². The minimum Gasteiger partial charge on any atom is -0.497 e. The van der Waals surface area contributed by atoms with Crippen molar-refractivity contribution in [3.05, 3.63) is 24.3 Å². The van der Waals surface area contributed by atoms with E-state index >= 15 is 0 Å². The lowest BCUT2D eigenvalue weighted by Crippen LogP contribution is -2.34. The highest BCUT2D eigenvalue weighted by Crippen LogP contribution is 2.20. The molecular weight excluding hydrogens is 260 g/mol. The molecule has 0 bridgehead atoms. The molecule has 0 aliphatic carbocycles. The van der Waals surface area contributed by atoms with Crippen molar-refractivity contribution in [2.24, 2.45) is 0 Å². The van der Waals surface area contributed by atoms with Gasteiger partial charge >= 0.3 is 5.97 Å². The molecule has 0 spiro atoms. The normalized spacial score (nSPS) is 13.0. The van der Waals surface area contributed by atoms with Gasteiger partial charge in [0.2, 0.25) is 0 Å². The Morgan fingerprint density at radius 1 is 1.28 bits per heavy atom. The standard InChI is InChI=1S/C11H14O6S/c1-16-7-10(11(12)13)18(14,15)9-5-3-8(17-2)4-6-9/h3-6,10H,7H2,1-2H3,(H,12,13). The Kier molecular flexibility index (Phi) is 4.69. The summed E-state index contributed by atoms with van der Waals surface area (Å²) in [7, 11) is -1.27. The molecule has 1 aromatic rings. The zero-order chi connectivity index (χ0) is 13.8. The molecule has 0 aliphatic heterocycles. The van der Waals surface area contributed by atoms with Gasteiger partial charge < -0.3 is 14.6 Å². The lowest BCUT2D eigenvalue weighted by Gasteiger charge is -2.12. The fourth-order valence-corrected chi connectivity index (χ4v) is 2.80. The fourth-order valence-electron chi connectivity index (χ4n) is 1.37. The SMILES string of the molecule is COCC(C(=O)O)S(=O)(=O)c1ccc(OC)cc1. The predicted molar refractivity (Wildman–Crippen MR) is 63.5 cm³/mol. The summed E-state index contributed by atoms with van der Waals surface area (Å²) in [6.45, 7) is -0.399. The summed E-state index contributed by atoms with van der Waals surface area (Å²) < 4.78 is 33.7. The molecule has 1 rings (SSSR count). The van der Waals surface area contributed by atoms with Crippen molar-refractivity contribution in [3.8, 4) is 5.75 Å². The summed E-state index contributed by atoms with van der Waals surface area (Å²) in [5.41, 5.74) is 0. The van der Waals surface area contributed by atoms with Gasteiger partial charge in [0.1, 0.15) is 5.75 Å². The van der Waals surface area contributed by atoms with Crippen molar-refractivity contribution in [1.29, 1.82) is 0 Å². The number of carbonyl (C=O) groups is 1. The van der Waals surface area contributed by atoms with Gasteiger partial charge in [-0.2, -0.15) is 0 Å². The van der Waals surface area contributed by atoms with E-state index in [1.54, 1.807) is 0 Å². The van der Waals surface area contributed by atoms with E-state index in [9.17, 15) is 13.2 Å². The first-order valence-corrected chi connectivity index (χ1v) is 6.57. The van der Waals surface area contributed by atoms with E-state index < -0.39 is 27.7 Å². The van der Waals surface area contributed by atoms with Crippen LogP contribution in [-0.4, -0.2) is 45.6 Å². The minimum absolute atomic E-state index is 0.0762. The minimum atomic E-state index is -3.97. The van der Waals surface area contributed by atoms with Gasteiger partial charge in [0.15, 0.2) is 15.1 Å². The maximum absolute atomic E-state index is 12.1. The zero-order valence-corrected chi connectivity index (χ0v) is 10.8. The molecule has 0 radical (unpaired) electrons. The molecule has 7 heteroatoms. The number of benzene rings is 1. The van der Waals surface area contributed by atoms with E-state index in [0.29, 0.717) is 5.75 Å². The molecule has 0 aliphatic rings. The van der Waals surface area contributed by atoms with Crippen molar-refractivity contribution in [1.82, 2.24) is 0 Å². The van der Waals surface area contributed by atoms with Crippen molar-refractivity contribution in [3.63, 3.8) is 0 Å². The number of sulfone groups is 1. The molecule has 0 saturated heterocycles. The Morgan fingerprint density at radius 2 is 1.83 bits per heavy atom. The third-order valence-corrected chi connectivity index (χ3v) is 4.37. The average Bonchev–Trinajstić information content (AvgIpc) is 2.35. The Labute approximate surface area is 105 Å². The monoisotopic (exact) mass is 274 g/mol. The molecule has 1 aromatic carbocycles. The molecule has 0 heterocycles. The van der Waals surface area contributed by atoms with Crippen molar-refractivity contribution in [2.75, 3.05) is 20.8 Å². The van der Waals surface area contributed by atoms with E-state index in [4.69, 9.17) is 9.84 Å². The molecule has 18 heavy (non-hydrogen) atoms. The van der Waals surface area contributed by atoms with Gasteiger partial charge in [-0.1, -0.05) is 0 Å². The summed E-state index contributed by atoms with van der Waals surface area (Å²) in [6.07, 6.45) is 0. The Balaban J connectivity index is 3.13. The Morgan fingerprint density at radius 3 is 2.22 bits per heavy atom. The lowest BCUT2D eigenvalue weighted by atomic mass is 10.3. The Hall–Kier alpha value is -1.60. The summed E-state index contributed by atoms with van der Waals surface area (Å²) in [4.78, 5) is 10.9. The van der Waals surface area contributed by atoms with Crippen LogP contribution in [0.5, 0.6) is 5.75 Å². The second-order valence-corrected chi connectivity index (χ2v) is 5.63. The zero-order valence-electron chi connectivity index (χ0n) is 9.99. The number of carboxylic acids is 1. The number of ether oxygens (including phenoxy) is 2. The third-order valence-electron chi connectivity index (χ3n) is 2.36. The van der Waals surface area contributed by atoms with Crippen LogP contribution in [0.25, 0.3) is 0 Å². The topological polar surface area (TPSA) is 89.9 Å². The van der Waals surface area contributed by atoms with Crippen LogP contribution in [0.15, 0.2) is 29.2 Å². The van der Waals surface area contributed by atoms with Crippen LogP contribution < -0.4 is 4.74 Å². The molecular formula is C11H14O6S. The van der Waals surface area contributed by atoms with Gasteiger partial charge in [-0.25, -0.2) is 8.42 Å². The summed E-state index contributed by atoms with van der Waals surface area (Å²) in [6, 6.07) is 5.52. The molecule has 0 saturated carbocycles. The lowest BCUT2D eigenvalue weighted by molar-refractivity contribution is -0.137. The second kappa shape index (κ2) is 5.83. The highest BCUT2D eigenvalue weighted by molar-refractivity contribution is 7.92. The fraction of sp³-hybridized carbons (Fsp3) is 0.364. The van der Waals surface area contributed by atoms with Crippen LogP contribution in [0.2, 0.25) is 0 Å². The molecule has 0 amide bonds. The molecule has 0 fully saturated rings. The number of hydrogen-bond donors (Lipinski definition) is 1. The average molecular weight is 274 g/mol. The quantitative estimate of drug-likeness (QED) is 0.815. The first-order chi connectivity index (χ1) is 8.43. The molecule has 100 valence electrons. The van der Waals surface area contributed by atoms with Gasteiger partial charge in [0, 0.05) is 7.11 Å². The number of hydrogen-bond acceptors (Lipinski definition) is 5. The molecule has 6 nitrogen and oxygen atoms in total. The first-order valence-electron chi connectivity index (χ1n) is 5.03. The smallest absolute Gasteiger partial charge is 0.324 e. The van der Waals surface area contributed by atoms with E-state index in [1.807, 2.05) is 0 Å². The van der Waals surface area contributed by atoms with Gasteiger partial charge in [-0.05, 0) is 24.3 Å². The van der Waals surface area contributed by atoms with Crippen LogP contribution in [0.3, 0.4) is 0 Å². The maximum Gasteiger partial charge on any atom is 0.324 e. The van der Waals surface area contributed by atoms with E-state index in [2.05, 4.69) is 4.74 Å². The van der Waals surface area contributed by atoms with Gasteiger partial charge in [-0.3, -0.25) is 4.79 Å². The number of methoxy groups -OCH3 is 2. The molecule has 1 N–H and O–H groups in total. The van der Waals surface area contributed by atoms with Gasteiger partial charge in [-0.15, -0.1) is 0 Å². The summed E-state index contributed by atoms with van der Waals surface area (Å²) >= 11 is 0. The molecule has 1 atom stereocenters. The van der Waals surface area contributed by atoms with Crippen molar-refractivity contribution in [2.45, 2.75) is 10.1 Å². The molecule has 1 unspecified atom stereocenters. The van der Waals surface area contributed by atoms with Crippen LogP contribution in [-0.2, 0) is 19.4 Å². The third kappa shape index (κ3) is 2.99. The van der Waals surface area contributed by atoms with E-state index in [0.717, 1.165) is 0 Å². The highest BCUT2D eigenvalue weighted by Gasteiger charge is 2.33. The maximum atomic E-state index is 12.1. The number of carboxylic acid groups (broad SMARTS) is 1. The van der Waals surface area contributed by atoms with Crippen LogP contribution in [0, 0.1) is 0 Å². The van der Waals surface area contributed by atoms with Crippen LogP contribution in [0.1, 0.15) is 0 Å². The number of aliphatic carboxylic acids is 1. The summed E-state index contributed by atoms with van der Waals surface area (Å²) in [5, 5.41) is 7.30. The van der Waals surface area contributed by atoms with Crippen LogP contribution in [0.4, 0.5) is 0 Å². The van der Waals surface area contributed by atoms with Gasteiger partial charge in [0.05, 0.1) is 18.6 Å². The molecule has 0 aromatic heterocycles. The Bertz CT molecular complexity index is 505.